The maximum absolute atomic E-state index is 11.1. The molecular weight excluding hydrogens is 192 g/mol. The summed E-state index contributed by atoms with van der Waals surface area (Å²) in [7, 11) is 4.13. The Kier molecular flexibility index (Phi) is 8.33. The van der Waals surface area contributed by atoms with Crippen LogP contribution in [0.15, 0.2) is 0 Å². The lowest BCUT2D eigenvalue weighted by Gasteiger charge is -2.10. The van der Waals surface area contributed by atoms with Crippen LogP contribution in [0.4, 0.5) is 0 Å². The van der Waals surface area contributed by atoms with Gasteiger partial charge in [0.15, 0.2) is 0 Å². The van der Waals surface area contributed by atoms with Gasteiger partial charge in [0.1, 0.15) is 0 Å². The van der Waals surface area contributed by atoms with E-state index in [-0.39, 0.29) is 12.1 Å². The van der Waals surface area contributed by atoms with Crippen molar-refractivity contribution in [2.24, 2.45) is 0 Å². The fourth-order valence-electron chi connectivity index (χ4n) is 1.17. The molecule has 0 aromatic rings. The Morgan fingerprint density at radius 1 is 1.33 bits per heavy atom. The molecule has 0 heterocycles. The summed E-state index contributed by atoms with van der Waals surface area (Å²) in [4.78, 5) is 13.3. The zero-order valence-corrected chi connectivity index (χ0v) is 10.4. The third-order valence-corrected chi connectivity index (χ3v) is 1.85. The lowest BCUT2D eigenvalue weighted by molar-refractivity contribution is -0.146. The van der Waals surface area contributed by atoms with Gasteiger partial charge in [-0.3, -0.25) is 4.79 Å². The highest BCUT2D eigenvalue weighted by atomic mass is 16.5. The van der Waals surface area contributed by atoms with E-state index in [9.17, 15) is 4.79 Å². The highest BCUT2D eigenvalue weighted by Gasteiger charge is 2.03. The molecule has 0 amide bonds. The molecule has 1 N–H and O–H groups in total. The Labute approximate surface area is 93.0 Å². The number of nitrogens with zero attached hydrogens (tertiary/aromatic N) is 1. The standard InChI is InChI=1S/C11H24N2O2/c1-10(2)15-11(14)9-12-7-5-6-8-13(3)4/h10,12H,5-9H2,1-4H3. The third kappa shape index (κ3) is 11.3. The minimum Gasteiger partial charge on any atom is -0.462 e. The molecule has 0 aromatic carbocycles. The second-order valence-corrected chi connectivity index (χ2v) is 4.23. The number of unbranched alkanes of at least 4 members (excludes halogenated alkanes) is 1. The molecule has 0 aliphatic heterocycles. The monoisotopic (exact) mass is 216 g/mol. The van der Waals surface area contributed by atoms with Crippen molar-refractivity contribution in [2.45, 2.75) is 32.8 Å². The highest BCUT2D eigenvalue weighted by molar-refractivity contribution is 5.71. The van der Waals surface area contributed by atoms with Crippen molar-refractivity contribution in [3.63, 3.8) is 0 Å². The summed E-state index contributed by atoms with van der Waals surface area (Å²) in [5.74, 6) is -0.169. The van der Waals surface area contributed by atoms with E-state index in [4.69, 9.17) is 4.74 Å². The molecule has 0 bridgehead atoms. The van der Waals surface area contributed by atoms with Crippen LogP contribution < -0.4 is 5.32 Å². The number of carbonyl (C=O) groups is 1. The lowest BCUT2D eigenvalue weighted by atomic mass is 10.3. The van der Waals surface area contributed by atoms with Crippen LogP contribution in [-0.4, -0.2) is 50.7 Å². The van der Waals surface area contributed by atoms with Gasteiger partial charge in [0.25, 0.3) is 0 Å². The topological polar surface area (TPSA) is 41.6 Å². The number of ether oxygens (including phenoxy) is 1. The Morgan fingerprint density at radius 3 is 2.53 bits per heavy atom. The molecule has 0 atom stereocenters. The average Bonchev–Trinajstić information content (AvgIpc) is 2.09. The number of hydrogen-bond donors (Lipinski definition) is 1. The van der Waals surface area contributed by atoms with E-state index in [1.54, 1.807) is 0 Å². The first-order valence-electron chi connectivity index (χ1n) is 5.57. The average molecular weight is 216 g/mol. The van der Waals surface area contributed by atoms with Gasteiger partial charge in [-0.15, -0.1) is 0 Å². The molecule has 4 heteroatoms. The Bertz CT molecular complexity index is 170. The first-order valence-corrected chi connectivity index (χ1v) is 5.57. The molecule has 4 nitrogen and oxygen atoms in total. The smallest absolute Gasteiger partial charge is 0.320 e. The SMILES string of the molecule is CC(C)OC(=O)CNCCCCN(C)C. The van der Waals surface area contributed by atoms with E-state index >= 15 is 0 Å². The number of nitrogens with one attached hydrogen (secondary N) is 1. The maximum Gasteiger partial charge on any atom is 0.320 e. The number of rotatable bonds is 8. The number of hydrogen-bond acceptors (Lipinski definition) is 4. The predicted molar refractivity (Wildman–Crippen MR) is 61.9 cm³/mol. The minimum atomic E-state index is -0.169. The second kappa shape index (κ2) is 8.68. The summed E-state index contributed by atoms with van der Waals surface area (Å²) in [5.41, 5.74) is 0. The van der Waals surface area contributed by atoms with Crippen LogP contribution in [0.25, 0.3) is 0 Å². The van der Waals surface area contributed by atoms with E-state index in [0.29, 0.717) is 6.54 Å². The van der Waals surface area contributed by atoms with Gasteiger partial charge in [0.2, 0.25) is 0 Å². The number of carbonyl (C=O) groups excluding carboxylic acids is 1. The van der Waals surface area contributed by atoms with Gasteiger partial charge in [-0.1, -0.05) is 0 Å². The minimum absolute atomic E-state index is 0.0203. The lowest BCUT2D eigenvalue weighted by Crippen LogP contribution is -2.27. The molecule has 90 valence electrons. The van der Waals surface area contributed by atoms with Gasteiger partial charge < -0.3 is 15.0 Å². The molecular formula is C11H24N2O2. The normalized spacial score (nSPS) is 11.1. The fraction of sp³-hybridized carbons (Fsp3) is 0.909. The third-order valence-electron chi connectivity index (χ3n) is 1.85. The van der Waals surface area contributed by atoms with Gasteiger partial charge in [-0.2, -0.15) is 0 Å². The first-order chi connectivity index (χ1) is 7.02. The molecule has 0 rings (SSSR count). The molecule has 0 radical (unpaired) electrons. The molecule has 0 fully saturated rings. The van der Waals surface area contributed by atoms with Gasteiger partial charge in [-0.25, -0.2) is 0 Å². The fourth-order valence-corrected chi connectivity index (χ4v) is 1.17. The summed E-state index contributed by atoms with van der Waals surface area (Å²) >= 11 is 0. The molecule has 0 aromatic heterocycles. The van der Waals surface area contributed by atoms with Crippen molar-refractivity contribution < 1.29 is 9.53 Å². The summed E-state index contributed by atoms with van der Waals surface area (Å²) in [6, 6.07) is 0. The van der Waals surface area contributed by atoms with Crippen molar-refractivity contribution in [3.8, 4) is 0 Å². The van der Waals surface area contributed by atoms with Gasteiger partial charge in [0.05, 0.1) is 12.6 Å². The zero-order chi connectivity index (χ0) is 11.7. The van der Waals surface area contributed by atoms with Crippen LogP contribution in [0.2, 0.25) is 0 Å². The Balaban J connectivity index is 3.20. The summed E-state index contributed by atoms with van der Waals surface area (Å²) in [6.45, 7) is 6.00. The summed E-state index contributed by atoms with van der Waals surface area (Å²) < 4.78 is 4.99. The Hall–Kier alpha value is -0.610. The van der Waals surface area contributed by atoms with E-state index < -0.39 is 0 Å². The molecule has 0 unspecified atom stereocenters. The van der Waals surface area contributed by atoms with Crippen LogP contribution in [0.5, 0.6) is 0 Å². The van der Waals surface area contributed by atoms with E-state index in [1.165, 1.54) is 0 Å². The van der Waals surface area contributed by atoms with Crippen LogP contribution in [0, 0.1) is 0 Å². The second-order valence-electron chi connectivity index (χ2n) is 4.23. The van der Waals surface area contributed by atoms with Crippen LogP contribution in [0.1, 0.15) is 26.7 Å². The molecule has 0 spiro atoms. The van der Waals surface area contributed by atoms with Gasteiger partial charge in [0, 0.05) is 0 Å². The highest BCUT2D eigenvalue weighted by Crippen LogP contribution is 1.90. The summed E-state index contributed by atoms with van der Waals surface area (Å²) in [6.07, 6.45) is 2.22. The number of esters is 1. The van der Waals surface area contributed by atoms with Crippen molar-refractivity contribution in [2.75, 3.05) is 33.7 Å². The van der Waals surface area contributed by atoms with Crippen molar-refractivity contribution >= 4 is 5.97 Å². The van der Waals surface area contributed by atoms with Crippen molar-refractivity contribution in [1.82, 2.24) is 10.2 Å². The zero-order valence-electron chi connectivity index (χ0n) is 10.4. The van der Waals surface area contributed by atoms with E-state index in [1.807, 2.05) is 13.8 Å². The molecule has 15 heavy (non-hydrogen) atoms. The predicted octanol–water partition coefficient (Wildman–Crippen LogP) is 0.869. The first kappa shape index (κ1) is 14.4. The van der Waals surface area contributed by atoms with Crippen LogP contribution in [0.3, 0.4) is 0 Å². The van der Waals surface area contributed by atoms with Crippen LogP contribution >= 0.6 is 0 Å². The molecule has 0 saturated carbocycles. The quantitative estimate of drug-likeness (QED) is 0.483. The van der Waals surface area contributed by atoms with E-state index in [0.717, 1.165) is 25.9 Å². The van der Waals surface area contributed by atoms with E-state index in [2.05, 4.69) is 24.3 Å². The molecule has 0 saturated heterocycles. The molecule has 0 aliphatic rings. The summed E-state index contributed by atoms with van der Waals surface area (Å²) in [5, 5.41) is 3.07. The molecule has 0 aliphatic carbocycles. The Morgan fingerprint density at radius 2 is 2.00 bits per heavy atom. The van der Waals surface area contributed by atoms with Crippen LogP contribution in [-0.2, 0) is 9.53 Å². The largest absolute Gasteiger partial charge is 0.462 e. The maximum atomic E-state index is 11.1. The van der Waals surface area contributed by atoms with Crippen molar-refractivity contribution in [1.29, 1.82) is 0 Å². The van der Waals surface area contributed by atoms with Crippen molar-refractivity contribution in [3.05, 3.63) is 0 Å². The van der Waals surface area contributed by atoms with Gasteiger partial charge >= 0.3 is 5.97 Å². The van der Waals surface area contributed by atoms with Gasteiger partial charge in [-0.05, 0) is 53.9 Å².